The molecule has 2 rings (SSSR count). The van der Waals surface area contributed by atoms with Crippen molar-refractivity contribution in [2.24, 2.45) is 0 Å². The van der Waals surface area contributed by atoms with Crippen molar-refractivity contribution in [1.82, 2.24) is 15.2 Å². The van der Waals surface area contributed by atoms with Gasteiger partial charge in [0.1, 0.15) is 11.5 Å². The molecule has 0 spiro atoms. The number of ether oxygens (including phenoxy) is 1. The van der Waals surface area contributed by atoms with Gasteiger partial charge in [0.05, 0.1) is 35.9 Å². The highest BCUT2D eigenvalue weighted by Gasteiger charge is 2.13. The zero-order chi connectivity index (χ0) is 23.3. The number of hydrogen-bond donors (Lipinski definition) is 3. The number of aromatic amines is 1. The number of hydrogen-bond acceptors (Lipinski definition) is 8. The molecule has 1 aromatic heterocycles. The van der Waals surface area contributed by atoms with Crippen molar-refractivity contribution < 1.29 is 4.74 Å². The Balaban J connectivity index is 2.33. The van der Waals surface area contributed by atoms with Crippen LogP contribution in [0.25, 0.3) is 0 Å². The van der Waals surface area contributed by atoms with Crippen LogP contribution in [0.1, 0.15) is 12.0 Å². The summed E-state index contributed by atoms with van der Waals surface area (Å²) in [6, 6.07) is 10.4. The number of rotatable bonds is 9. The monoisotopic (exact) mass is 447 g/mol. The van der Waals surface area contributed by atoms with Gasteiger partial charge in [0.15, 0.2) is 0 Å². The summed E-state index contributed by atoms with van der Waals surface area (Å²) >= 11 is 6.41. The molecule has 2 aromatic rings. The molecule has 0 saturated carbocycles. The molecule has 32 heavy (non-hydrogen) atoms. The van der Waals surface area contributed by atoms with Gasteiger partial charge in [0.25, 0.3) is 0 Å². The van der Waals surface area contributed by atoms with Crippen LogP contribution in [0.2, 0.25) is 0 Å². The third-order valence-corrected chi connectivity index (χ3v) is 4.12. The van der Waals surface area contributed by atoms with Crippen molar-refractivity contribution in [1.29, 1.82) is 10.5 Å². The van der Waals surface area contributed by atoms with E-state index >= 15 is 0 Å². The number of benzene rings is 1. The average Bonchev–Trinajstić information content (AvgIpc) is 2.81. The standard InChI is InChI=1S/C22H18ClN7O2/c1-3-18(32-2)19(17(23)8-6-4-5-7-13-24)27-22-28-20(21(31)29-30-22)26-16-11-9-15(14-25)10-12-16/h3-4,7-12H,1,6H2,2H3,(H,29,31)(H2,26,27,28,30)/b17-8+,19-18-. The number of halogens is 1. The van der Waals surface area contributed by atoms with Crippen LogP contribution in [0.4, 0.5) is 17.5 Å². The first kappa shape index (κ1) is 23.7. The fourth-order valence-electron chi connectivity index (χ4n) is 2.31. The molecule has 0 unspecified atom stereocenters. The van der Waals surface area contributed by atoms with E-state index in [0.717, 1.165) is 0 Å². The number of nitriles is 2. The van der Waals surface area contributed by atoms with Gasteiger partial charge in [-0.1, -0.05) is 24.3 Å². The number of nitrogens with zero attached hydrogens (tertiary/aromatic N) is 4. The van der Waals surface area contributed by atoms with Crippen LogP contribution in [-0.4, -0.2) is 22.3 Å². The number of H-pyrrole nitrogens is 1. The fraction of sp³-hybridized carbons (Fsp3) is 0.0909. The largest absolute Gasteiger partial charge is 0.495 e. The summed E-state index contributed by atoms with van der Waals surface area (Å²) in [6.45, 7) is 3.70. The number of nitrogens with one attached hydrogen (secondary N) is 3. The third kappa shape index (κ3) is 6.75. The average molecular weight is 448 g/mol. The molecule has 0 aliphatic rings. The number of anilines is 3. The predicted molar refractivity (Wildman–Crippen MR) is 122 cm³/mol. The lowest BCUT2D eigenvalue weighted by Gasteiger charge is -2.13. The second-order valence-corrected chi connectivity index (χ2v) is 6.26. The fourth-order valence-corrected chi connectivity index (χ4v) is 2.54. The highest BCUT2D eigenvalue weighted by atomic mass is 35.5. The van der Waals surface area contributed by atoms with Crippen LogP contribution in [0.5, 0.6) is 0 Å². The first-order chi connectivity index (χ1) is 15.5. The molecule has 1 heterocycles. The van der Waals surface area contributed by atoms with Gasteiger partial charge in [0.2, 0.25) is 11.8 Å². The third-order valence-electron chi connectivity index (χ3n) is 3.78. The van der Waals surface area contributed by atoms with E-state index in [4.69, 9.17) is 26.9 Å². The van der Waals surface area contributed by atoms with E-state index < -0.39 is 5.56 Å². The number of methoxy groups -OCH3 is 1. The molecule has 0 aliphatic heterocycles. The summed E-state index contributed by atoms with van der Waals surface area (Å²) in [4.78, 5) is 16.3. The molecular weight excluding hydrogens is 430 g/mol. The van der Waals surface area contributed by atoms with E-state index in [1.807, 2.05) is 12.1 Å². The van der Waals surface area contributed by atoms with Crippen molar-refractivity contribution in [2.45, 2.75) is 6.42 Å². The van der Waals surface area contributed by atoms with Gasteiger partial charge in [-0.3, -0.25) is 4.79 Å². The van der Waals surface area contributed by atoms with Gasteiger partial charge in [-0.15, -0.1) is 10.8 Å². The lowest BCUT2D eigenvalue weighted by molar-refractivity contribution is 0.304. The normalized spacial score (nSPS) is 11.1. The Bertz CT molecular complexity index is 1240. The van der Waals surface area contributed by atoms with Crippen LogP contribution in [0, 0.1) is 22.7 Å². The SMILES string of the molecule is C=C/C(OC)=C(Nc1n[nH]c(=O)c(Nc2ccc(C#N)cc2)n1)\C(Cl)=C/CC=C=CC#N. The first-order valence-electron chi connectivity index (χ1n) is 9.09. The Hall–Kier alpha value is -4.56. The minimum atomic E-state index is -0.544. The Kier molecular flexibility index (Phi) is 9.05. The van der Waals surface area contributed by atoms with Gasteiger partial charge < -0.3 is 15.4 Å². The van der Waals surface area contributed by atoms with Crippen molar-refractivity contribution in [3.63, 3.8) is 0 Å². The predicted octanol–water partition coefficient (Wildman–Crippen LogP) is 3.98. The Morgan fingerprint density at radius 3 is 2.72 bits per heavy atom. The van der Waals surface area contributed by atoms with E-state index in [0.29, 0.717) is 29.1 Å². The molecule has 3 N–H and O–H groups in total. The smallest absolute Gasteiger partial charge is 0.307 e. The van der Waals surface area contributed by atoms with Crippen molar-refractivity contribution in [3.8, 4) is 12.1 Å². The summed E-state index contributed by atoms with van der Waals surface area (Å²) < 4.78 is 5.30. The number of allylic oxidation sites excluding steroid dienone is 4. The lowest BCUT2D eigenvalue weighted by Crippen LogP contribution is -2.18. The van der Waals surface area contributed by atoms with Crippen LogP contribution < -0.4 is 16.2 Å². The molecular formula is C22H18ClN7O2. The molecule has 10 heteroatoms. The lowest BCUT2D eigenvalue weighted by atomic mass is 10.2. The van der Waals surface area contributed by atoms with E-state index in [2.05, 4.69) is 38.1 Å². The molecule has 0 amide bonds. The maximum Gasteiger partial charge on any atom is 0.307 e. The van der Waals surface area contributed by atoms with E-state index in [1.165, 1.54) is 19.3 Å². The maximum atomic E-state index is 12.1. The van der Waals surface area contributed by atoms with Crippen LogP contribution in [0.15, 0.2) is 82.2 Å². The molecule has 0 bridgehead atoms. The zero-order valence-electron chi connectivity index (χ0n) is 17.0. The van der Waals surface area contributed by atoms with E-state index in [1.54, 1.807) is 36.4 Å². The van der Waals surface area contributed by atoms with Crippen LogP contribution in [0.3, 0.4) is 0 Å². The summed E-state index contributed by atoms with van der Waals surface area (Å²) in [5.41, 5.74) is 3.51. The molecule has 0 aliphatic carbocycles. The molecule has 0 saturated heterocycles. The Morgan fingerprint density at radius 1 is 1.34 bits per heavy atom. The van der Waals surface area contributed by atoms with Crippen LogP contribution >= 0.6 is 11.6 Å². The number of aromatic nitrogens is 3. The Morgan fingerprint density at radius 2 is 2.09 bits per heavy atom. The van der Waals surface area contributed by atoms with Crippen molar-refractivity contribution in [3.05, 3.63) is 93.3 Å². The molecule has 0 radical (unpaired) electrons. The maximum absolute atomic E-state index is 12.1. The van der Waals surface area contributed by atoms with Gasteiger partial charge >= 0.3 is 5.56 Å². The highest BCUT2D eigenvalue weighted by Crippen LogP contribution is 2.22. The van der Waals surface area contributed by atoms with Crippen molar-refractivity contribution >= 4 is 29.1 Å². The highest BCUT2D eigenvalue weighted by molar-refractivity contribution is 6.32. The van der Waals surface area contributed by atoms with Crippen LogP contribution in [-0.2, 0) is 4.74 Å². The van der Waals surface area contributed by atoms with Gasteiger partial charge in [-0.2, -0.15) is 15.5 Å². The minimum Gasteiger partial charge on any atom is -0.495 e. The zero-order valence-corrected chi connectivity index (χ0v) is 17.8. The topological polar surface area (TPSA) is 140 Å². The summed E-state index contributed by atoms with van der Waals surface area (Å²) in [5.74, 6) is 0.339. The molecule has 0 fully saturated rings. The quantitative estimate of drug-likeness (QED) is 0.227. The van der Waals surface area contributed by atoms with E-state index in [-0.39, 0.29) is 16.8 Å². The summed E-state index contributed by atoms with van der Waals surface area (Å²) in [5, 5.41) is 29.7. The van der Waals surface area contributed by atoms with Gasteiger partial charge in [-0.25, -0.2) is 5.10 Å². The Labute approximate surface area is 189 Å². The van der Waals surface area contributed by atoms with Gasteiger partial charge in [0, 0.05) is 5.69 Å². The summed E-state index contributed by atoms with van der Waals surface area (Å²) in [6.07, 6.45) is 6.35. The van der Waals surface area contributed by atoms with E-state index in [9.17, 15) is 4.79 Å². The summed E-state index contributed by atoms with van der Waals surface area (Å²) in [7, 11) is 1.45. The van der Waals surface area contributed by atoms with Gasteiger partial charge in [-0.05, 0) is 42.8 Å². The molecule has 1 aromatic carbocycles. The second kappa shape index (κ2) is 12.2. The second-order valence-electron chi connectivity index (χ2n) is 5.86. The minimum absolute atomic E-state index is 0.0196. The molecule has 160 valence electrons. The first-order valence-corrected chi connectivity index (χ1v) is 9.46. The van der Waals surface area contributed by atoms with Crippen molar-refractivity contribution in [2.75, 3.05) is 17.7 Å². The molecule has 9 nitrogen and oxygen atoms in total. The molecule has 0 atom stereocenters.